The van der Waals surface area contributed by atoms with Crippen molar-refractivity contribution >= 4 is 21.7 Å². The molecule has 1 aliphatic heterocycles. The first-order valence-electron chi connectivity index (χ1n) is 10.9. The highest BCUT2D eigenvalue weighted by Gasteiger charge is 2.30. The summed E-state index contributed by atoms with van der Waals surface area (Å²) >= 11 is 0. The summed E-state index contributed by atoms with van der Waals surface area (Å²) < 4.78 is 41.5. The van der Waals surface area contributed by atoms with Crippen molar-refractivity contribution < 1.29 is 22.4 Å². The van der Waals surface area contributed by atoms with E-state index in [1.54, 1.807) is 4.90 Å². The molecule has 0 saturated heterocycles. The van der Waals surface area contributed by atoms with Gasteiger partial charge in [-0.1, -0.05) is 48.5 Å². The maximum Gasteiger partial charge on any atom is 0.243 e. The number of nitrogens with zero attached hydrogens (tertiary/aromatic N) is 2. The van der Waals surface area contributed by atoms with E-state index in [4.69, 9.17) is 0 Å². The lowest BCUT2D eigenvalue weighted by Crippen LogP contribution is -2.44. The number of halogens is 1. The third-order valence-electron chi connectivity index (χ3n) is 5.97. The standard InChI is InChI=1S/C26H25FN2O4S/c1-19(30)21-8-12-25(13-9-21)34(32,33)29(16-20-6-10-24(27)11-7-20)18-26(31)28-15-14-22-4-2-3-5-23(22)17-28/h2-13H,14-18H2,1H3. The second kappa shape index (κ2) is 9.87. The molecule has 6 nitrogen and oxygen atoms in total. The van der Waals surface area contributed by atoms with E-state index in [0.717, 1.165) is 9.87 Å². The van der Waals surface area contributed by atoms with Crippen LogP contribution in [-0.2, 0) is 34.3 Å². The normalized spacial score (nSPS) is 13.6. The zero-order chi connectivity index (χ0) is 24.3. The van der Waals surface area contributed by atoms with Crippen LogP contribution in [0.15, 0.2) is 77.7 Å². The largest absolute Gasteiger partial charge is 0.337 e. The van der Waals surface area contributed by atoms with Gasteiger partial charge in [0.25, 0.3) is 0 Å². The number of hydrogen-bond donors (Lipinski definition) is 0. The number of carbonyl (C=O) groups excluding carboxylic acids is 2. The fraction of sp³-hybridized carbons (Fsp3) is 0.231. The summed E-state index contributed by atoms with van der Waals surface area (Å²) in [6.45, 7) is 1.89. The van der Waals surface area contributed by atoms with E-state index in [0.29, 0.717) is 30.6 Å². The topological polar surface area (TPSA) is 74.8 Å². The van der Waals surface area contributed by atoms with Crippen molar-refractivity contribution in [1.82, 2.24) is 9.21 Å². The number of sulfonamides is 1. The fourth-order valence-electron chi connectivity index (χ4n) is 3.99. The van der Waals surface area contributed by atoms with Crippen LogP contribution in [0.4, 0.5) is 4.39 Å². The number of Topliss-reactive ketones (excluding diaryl/α,β-unsaturated/α-hetero) is 1. The maximum absolute atomic E-state index is 13.5. The average Bonchev–Trinajstić information content (AvgIpc) is 2.84. The van der Waals surface area contributed by atoms with Gasteiger partial charge >= 0.3 is 0 Å². The van der Waals surface area contributed by atoms with E-state index in [1.165, 1.54) is 61.0 Å². The van der Waals surface area contributed by atoms with E-state index in [1.807, 2.05) is 24.3 Å². The lowest BCUT2D eigenvalue weighted by atomic mass is 10.00. The van der Waals surface area contributed by atoms with Crippen LogP contribution in [0.3, 0.4) is 0 Å². The summed E-state index contributed by atoms with van der Waals surface area (Å²) in [6.07, 6.45) is 0.707. The van der Waals surface area contributed by atoms with Gasteiger partial charge in [0.1, 0.15) is 5.82 Å². The minimum atomic E-state index is -4.07. The molecule has 0 bridgehead atoms. The predicted octanol–water partition coefficient (Wildman–Crippen LogP) is 3.80. The number of ketones is 1. The van der Waals surface area contributed by atoms with Gasteiger partial charge in [0.15, 0.2) is 5.78 Å². The molecule has 1 aliphatic rings. The van der Waals surface area contributed by atoms with E-state index in [2.05, 4.69) is 0 Å². The molecule has 0 radical (unpaired) electrons. The Balaban J connectivity index is 1.60. The maximum atomic E-state index is 13.5. The minimum Gasteiger partial charge on any atom is -0.337 e. The van der Waals surface area contributed by atoms with Crippen LogP contribution < -0.4 is 0 Å². The van der Waals surface area contributed by atoms with Gasteiger partial charge in [-0.3, -0.25) is 9.59 Å². The first-order chi connectivity index (χ1) is 16.2. The molecule has 34 heavy (non-hydrogen) atoms. The van der Waals surface area contributed by atoms with Gasteiger partial charge < -0.3 is 4.90 Å². The molecule has 0 fully saturated rings. The Morgan fingerprint density at radius 1 is 0.941 bits per heavy atom. The summed E-state index contributed by atoms with van der Waals surface area (Å²) in [4.78, 5) is 26.4. The van der Waals surface area contributed by atoms with Crippen LogP contribution in [0.1, 0.15) is 34.0 Å². The number of hydrogen-bond acceptors (Lipinski definition) is 4. The Bertz CT molecular complexity index is 1310. The van der Waals surface area contributed by atoms with Crippen molar-refractivity contribution in [3.8, 4) is 0 Å². The number of rotatable bonds is 7. The van der Waals surface area contributed by atoms with Crippen molar-refractivity contribution in [1.29, 1.82) is 0 Å². The Hall–Kier alpha value is -3.36. The van der Waals surface area contributed by atoms with E-state index in [9.17, 15) is 22.4 Å². The lowest BCUT2D eigenvalue weighted by molar-refractivity contribution is -0.132. The van der Waals surface area contributed by atoms with E-state index >= 15 is 0 Å². The molecule has 1 heterocycles. The summed E-state index contributed by atoms with van der Waals surface area (Å²) in [5.41, 5.74) is 3.19. The zero-order valence-corrected chi connectivity index (χ0v) is 19.6. The fourth-order valence-corrected chi connectivity index (χ4v) is 5.37. The molecule has 176 valence electrons. The van der Waals surface area contributed by atoms with E-state index in [-0.39, 0.29) is 29.7 Å². The molecular weight excluding hydrogens is 455 g/mol. The van der Waals surface area contributed by atoms with Crippen LogP contribution in [-0.4, -0.2) is 42.4 Å². The molecule has 0 aliphatic carbocycles. The van der Waals surface area contributed by atoms with Gasteiger partial charge in [-0.05, 0) is 54.3 Å². The number of amides is 1. The second-order valence-corrected chi connectivity index (χ2v) is 10.3. The van der Waals surface area contributed by atoms with Crippen LogP contribution in [0.5, 0.6) is 0 Å². The summed E-state index contributed by atoms with van der Waals surface area (Å²) in [6, 6.07) is 19.0. The van der Waals surface area contributed by atoms with Crippen molar-refractivity contribution in [2.24, 2.45) is 0 Å². The van der Waals surface area contributed by atoms with Crippen molar-refractivity contribution in [2.45, 2.75) is 31.3 Å². The molecule has 4 rings (SSSR count). The monoisotopic (exact) mass is 480 g/mol. The number of benzene rings is 3. The summed E-state index contributed by atoms with van der Waals surface area (Å²) in [7, 11) is -4.07. The highest BCUT2D eigenvalue weighted by Crippen LogP contribution is 2.22. The Morgan fingerprint density at radius 3 is 2.24 bits per heavy atom. The van der Waals surface area contributed by atoms with Crippen molar-refractivity contribution in [2.75, 3.05) is 13.1 Å². The Morgan fingerprint density at radius 2 is 1.59 bits per heavy atom. The van der Waals surface area contributed by atoms with Crippen molar-refractivity contribution in [3.63, 3.8) is 0 Å². The third kappa shape index (κ3) is 5.24. The van der Waals surface area contributed by atoms with Crippen LogP contribution in [0.2, 0.25) is 0 Å². The van der Waals surface area contributed by atoms with E-state index < -0.39 is 15.8 Å². The van der Waals surface area contributed by atoms with Crippen molar-refractivity contribution in [3.05, 3.63) is 101 Å². The predicted molar refractivity (Wildman–Crippen MR) is 126 cm³/mol. The van der Waals surface area contributed by atoms with Gasteiger partial charge in [-0.25, -0.2) is 12.8 Å². The molecular formula is C26H25FN2O4S. The molecule has 3 aromatic rings. The smallest absolute Gasteiger partial charge is 0.243 e. The van der Waals surface area contributed by atoms with Gasteiger partial charge in [-0.15, -0.1) is 0 Å². The first kappa shape index (κ1) is 23.8. The molecule has 3 aromatic carbocycles. The second-order valence-electron chi connectivity index (χ2n) is 8.31. The quantitative estimate of drug-likeness (QED) is 0.482. The van der Waals surface area contributed by atoms with Gasteiger partial charge in [0.2, 0.25) is 15.9 Å². The SMILES string of the molecule is CC(=O)c1ccc(S(=O)(=O)N(CC(=O)N2CCc3ccccc3C2)Cc2ccc(F)cc2)cc1. The Kier molecular flexibility index (Phi) is 6.90. The third-order valence-corrected chi connectivity index (χ3v) is 7.77. The molecule has 0 unspecified atom stereocenters. The van der Waals surface area contributed by atoms with Crippen LogP contribution >= 0.6 is 0 Å². The first-order valence-corrected chi connectivity index (χ1v) is 12.4. The zero-order valence-electron chi connectivity index (χ0n) is 18.8. The highest BCUT2D eigenvalue weighted by atomic mass is 32.2. The van der Waals surface area contributed by atoms with Crippen LogP contribution in [0.25, 0.3) is 0 Å². The lowest BCUT2D eigenvalue weighted by Gasteiger charge is -2.31. The molecule has 8 heteroatoms. The summed E-state index contributed by atoms with van der Waals surface area (Å²) in [5, 5.41) is 0. The number of fused-ring (bicyclic) bond motifs is 1. The van der Waals surface area contributed by atoms with Gasteiger partial charge in [-0.2, -0.15) is 4.31 Å². The molecule has 0 N–H and O–H groups in total. The van der Waals surface area contributed by atoms with Crippen LogP contribution in [0, 0.1) is 5.82 Å². The minimum absolute atomic E-state index is 0.0172. The molecule has 0 aromatic heterocycles. The van der Waals surface area contributed by atoms with Gasteiger partial charge in [0, 0.05) is 25.2 Å². The molecule has 0 saturated carbocycles. The number of carbonyl (C=O) groups is 2. The highest BCUT2D eigenvalue weighted by molar-refractivity contribution is 7.89. The Labute approximate surface area is 198 Å². The molecule has 0 spiro atoms. The van der Waals surface area contributed by atoms with Gasteiger partial charge in [0.05, 0.1) is 11.4 Å². The summed E-state index contributed by atoms with van der Waals surface area (Å²) in [5.74, 6) is -0.908. The molecule has 1 amide bonds. The molecule has 0 atom stereocenters. The average molecular weight is 481 g/mol.